The van der Waals surface area contributed by atoms with Gasteiger partial charge in [-0.05, 0) is 43.9 Å². The first kappa shape index (κ1) is 12.7. The summed E-state index contributed by atoms with van der Waals surface area (Å²) in [5.41, 5.74) is 0.273. The molecule has 0 spiro atoms. The summed E-state index contributed by atoms with van der Waals surface area (Å²) in [4.78, 5) is 11.9. The van der Waals surface area contributed by atoms with Crippen molar-refractivity contribution in [3.63, 3.8) is 0 Å². The minimum atomic E-state index is -0.433. The molecule has 98 valence electrons. The van der Waals surface area contributed by atoms with Crippen molar-refractivity contribution >= 4 is 5.97 Å². The molecule has 0 unspecified atom stereocenters. The van der Waals surface area contributed by atoms with Crippen LogP contribution in [-0.4, -0.2) is 22.3 Å². The molecular formula is C14H18O4. The molecule has 0 bridgehead atoms. The van der Waals surface area contributed by atoms with Crippen molar-refractivity contribution in [2.45, 2.75) is 44.6 Å². The molecule has 1 aromatic rings. The third-order valence-corrected chi connectivity index (χ3v) is 3.29. The highest BCUT2D eigenvalue weighted by Crippen LogP contribution is 2.26. The van der Waals surface area contributed by atoms with Gasteiger partial charge in [-0.1, -0.05) is 12.8 Å². The van der Waals surface area contributed by atoms with E-state index in [1.54, 1.807) is 0 Å². The van der Waals surface area contributed by atoms with Gasteiger partial charge in [-0.2, -0.15) is 0 Å². The van der Waals surface area contributed by atoms with Crippen molar-refractivity contribution in [3.05, 3.63) is 23.8 Å². The van der Waals surface area contributed by atoms with E-state index >= 15 is 0 Å². The van der Waals surface area contributed by atoms with Gasteiger partial charge in [-0.3, -0.25) is 0 Å². The van der Waals surface area contributed by atoms with Crippen LogP contribution in [0.15, 0.2) is 18.2 Å². The number of rotatable bonds is 2. The van der Waals surface area contributed by atoms with Crippen LogP contribution in [0.1, 0.15) is 48.9 Å². The molecular weight excluding hydrogens is 232 g/mol. The smallest absolute Gasteiger partial charge is 0.338 e. The minimum absolute atomic E-state index is 0.0176. The number of esters is 1. The Kier molecular flexibility index (Phi) is 4.07. The summed E-state index contributed by atoms with van der Waals surface area (Å²) in [6.07, 6.45) is 6.40. The summed E-state index contributed by atoms with van der Waals surface area (Å²) in [5.74, 6) is -0.969. The van der Waals surface area contributed by atoms with Gasteiger partial charge in [0, 0.05) is 0 Å². The maximum atomic E-state index is 11.9. The SMILES string of the molecule is O=C(OC1CCCCCC1)c1ccc(O)c(O)c1. The van der Waals surface area contributed by atoms with Crippen LogP contribution in [0.2, 0.25) is 0 Å². The number of carbonyl (C=O) groups excluding carboxylic acids is 1. The molecule has 0 atom stereocenters. The Balaban J connectivity index is 1.99. The average molecular weight is 250 g/mol. The Morgan fingerprint density at radius 2 is 1.72 bits per heavy atom. The molecule has 0 saturated heterocycles. The van der Waals surface area contributed by atoms with E-state index in [1.165, 1.54) is 31.0 Å². The number of phenolic OH excluding ortho intramolecular Hbond substituents is 2. The second kappa shape index (κ2) is 5.76. The molecule has 0 heterocycles. The number of phenols is 2. The van der Waals surface area contributed by atoms with Crippen LogP contribution in [0.5, 0.6) is 11.5 Å². The van der Waals surface area contributed by atoms with Gasteiger partial charge in [0.15, 0.2) is 11.5 Å². The maximum Gasteiger partial charge on any atom is 0.338 e. The molecule has 2 rings (SSSR count). The molecule has 1 aromatic carbocycles. The Morgan fingerprint density at radius 1 is 1.06 bits per heavy atom. The van der Waals surface area contributed by atoms with Gasteiger partial charge in [0.2, 0.25) is 0 Å². The fourth-order valence-electron chi connectivity index (χ4n) is 2.23. The highest BCUT2D eigenvalue weighted by molar-refractivity contribution is 5.90. The standard InChI is InChI=1S/C14H18O4/c15-12-8-7-10(9-13(12)16)14(17)18-11-5-3-1-2-4-6-11/h7-9,11,15-16H,1-6H2. The molecule has 0 radical (unpaired) electrons. The number of benzene rings is 1. The van der Waals surface area contributed by atoms with E-state index in [1.807, 2.05) is 0 Å². The van der Waals surface area contributed by atoms with Gasteiger partial charge < -0.3 is 14.9 Å². The molecule has 1 aliphatic carbocycles. The van der Waals surface area contributed by atoms with Crippen LogP contribution in [0.4, 0.5) is 0 Å². The first-order valence-electron chi connectivity index (χ1n) is 6.40. The molecule has 0 aliphatic heterocycles. The average Bonchev–Trinajstić information content (AvgIpc) is 2.61. The maximum absolute atomic E-state index is 11.9. The predicted octanol–water partition coefficient (Wildman–Crippen LogP) is 2.98. The third-order valence-electron chi connectivity index (χ3n) is 3.29. The summed E-state index contributed by atoms with van der Waals surface area (Å²) in [6.45, 7) is 0. The van der Waals surface area contributed by atoms with E-state index < -0.39 is 5.97 Å². The molecule has 4 heteroatoms. The van der Waals surface area contributed by atoms with Crippen LogP contribution in [0, 0.1) is 0 Å². The number of hydrogen-bond donors (Lipinski definition) is 2. The van der Waals surface area contributed by atoms with E-state index in [0.717, 1.165) is 25.7 Å². The Morgan fingerprint density at radius 3 is 2.33 bits per heavy atom. The minimum Gasteiger partial charge on any atom is -0.504 e. The van der Waals surface area contributed by atoms with Crippen LogP contribution in [-0.2, 0) is 4.74 Å². The second-order valence-corrected chi connectivity index (χ2v) is 4.72. The molecule has 2 N–H and O–H groups in total. The number of hydrogen-bond acceptors (Lipinski definition) is 4. The van der Waals surface area contributed by atoms with Crippen LogP contribution in [0.3, 0.4) is 0 Å². The van der Waals surface area contributed by atoms with Crippen molar-refractivity contribution in [1.82, 2.24) is 0 Å². The molecule has 1 fully saturated rings. The summed E-state index contributed by atoms with van der Waals surface area (Å²) >= 11 is 0. The molecule has 4 nitrogen and oxygen atoms in total. The highest BCUT2D eigenvalue weighted by Gasteiger charge is 2.18. The predicted molar refractivity (Wildman–Crippen MR) is 66.7 cm³/mol. The summed E-state index contributed by atoms with van der Waals surface area (Å²) in [7, 11) is 0. The van der Waals surface area contributed by atoms with Crippen LogP contribution < -0.4 is 0 Å². The van der Waals surface area contributed by atoms with Crippen molar-refractivity contribution in [3.8, 4) is 11.5 Å². The molecule has 1 aliphatic rings. The van der Waals surface area contributed by atoms with Gasteiger partial charge in [0.1, 0.15) is 6.10 Å². The van der Waals surface area contributed by atoms with E-state index in [2.05, 4.69) is 0 Å². The van der Waals surface area contributed by atoms with Crippen molar-refractivity contribution in [2.75, 3.05) is 0 Å². The quantitative estimate of drug-likeness (QED) is 0.481. The van der Waals surface area contributed by atoms with Crippen molar-refractivity contribution in [1.29, 1.82) is 0 Å². The lowest BCUT2D eigenvalue weighted by molar-refractivity contribution is 0.0267. The number of carbonyl (C=O) groups is 1. The summed E-state index contributed by atoms with van der Waals surface area (Å²) in [6, 6.07) is 3.97. The lowest BCUT2D eigenvalue weighted by Gasteiger charge is -2.15. The van der Waals surface area contributed by atoms with Gasteiger partial charge >= 0.3 is 5.97 Å². The molecule has 18 heavy (non-hydrogen) atoms. The third kappa shape index (κ3) is 3.15. The molecule has 0 amide bonds. The Hall–Kier alpha value is -1.71. The zero-order valence-corrected chi connectivity index (χ0v) is 10.3. The van der Waals surface area contributed by atoms with Crippen LogP contribution in [0.25, 0.3) is 0 Å². The van der Waals surface area contributed by atoms with E-state index in [0.29, 0.717) is 0 Å². The lowest BCUT2D eigenvalue weighted by Crippen LogP contribution is -2.17. The zero-order chi connectivity index (χ0) is 13.0. The molecule has 1 saturated carbocycles. The topological polar surface area (TPSA) is 66.8 Å². The summed E-state index contributed by atoms with van der Waals surface area (Å²) < 4.78 is 5.42. The van der Waals surface area contributed by atoms with Crippen molar-refractivity contribution < 1.29 is 19.7 Å². The van der Waals surface area contributed by atoms with Crippen molar-refractivity contribution in [2.24, 2.45) is 0 Å². The Bertz CT molecular complexity index is 420. The fraction of sp³-hybridized carbons (Fsp3) is 0.500. The highest BCUT2D eigenvalue weighted by atomic mass is 16.5. The van der Waals surface area contributed by atoms with Gasteiger partial charge in [-0.25, -0.2) is 4.79 Å². The number of ether oxygens (including phenoxy) is 1. The first-order chi connectivity index (χ1) is 8.66. The molecule has 0 aromatic heterocycles. The number of aromatic hydroxyl groups is 2. The monoisotopic (exact) mass is 250 g/mol. The van der Waals surface area contributed by atoms with E-state index in [-0.39, 0.29) is 23.2 Å². The van der Waals surface area contributed by atoms with Gasteiger partial charge in [0.05, 0.1) is 5.56 Å². The first-order valence-corrected chi connectivity index (χ1v) is 6.40. The van der Waals surface area contributed by atoms with E-state index in [9.17, 15) is 15.0 Å². The van der Waals surface area contributed by atoms with E-state index in [4.69, 9.17) is 4.74 Å². The van der Waals surface area contributed by atoms with Gasteiger partial charge in [-0.15, -0.1) is 0 Å². The Labute approximate surface area is 106 Å². The lowest BCUT2D eigenvalue weighted by atomic mass is 10.1. The van der Waals surface area contributed by atoms with Crippen LogP contribution >= 0.6 is 0 Å². The normalized spacial score (nSPS) is 17.1. The largest absolute Gasteiger partial charge is 0.504 e. The van der Waals surface area contributed by atoms with Gasteiger partial charge in [0.25, 0.3) is 0 Å². The second-order valence-electron chi connectivity index (χ2n) is 4.72. The zero-order valence-electron chi connectivity index (χ0n) is 10.3. The fourth-order valence-corrected chi connectivity index (χ4v) is 2.23. The summed E-state index contributed by atoms with van der Waals surface area (Å²) in [5, 5.41) is 18.5.